The summed E-state index contributed by atoms with van der Waals surface area (Å²) in [5.41, 5.74) is 2.04. The summed E-state index contributed by atoms with van der Waals surface area (Å²) in [6.45, 7) is 6.99. The summed E-state index contributed by atoms with van der Waals surface area (Å²) in [6, 6.07) is 14.1. The number of amides is 2. The Labute approximate surface area is 125 Å². The topological polar surface area (TPSA) is 58.4 Å². The lowest BCUT2D eigenvalue weighted by molar-refractivity contribution is 0.262. The van der Waals surface area contributed by atoms with Crippen molar-refractivity contribution in [2.75, 3.05) is 10.6 Å². The third-order valence-electron chi connectivity index (χ3n) is 2.75. The molecule has 2 aromatic carbocycles. The minimum Gasteiger partial charge on any atom is -0.308 e. The monoisotopic (exact) mass is 294 g/mol. The van der Waals surface area contributed by atoms with Crippen LogP contribution in [0.2, 0.25) is 0 Å². The Morgan fingerprint density at radius 3 is 2.71 bits per heavy atom. The standard InChI is InChI=1S/C15H10N4OS/c1-16-11-7-8-12-13(9-11)21-15(18-12)19-14(20)17-10-5-3-2-4-6-10/h2-9H,(H2,17,18,19,20). The number of anilines is 2. The molecule has 0 saturated heterocycles. The van der Waals surface area contributed by atoms with Gasteiger partial charge in [0.15, 0.2) is 10.8 Å². The molecule has 2 amide bonds. The van der Waals surface area contributed by atoms with Crippen molar-refractivity contribution < 1.29 is 4.79 Å². The number of benzene rings is 2. The number of hydrogen-bond donors (Lipinski definition) is 2. The van der Waals surface area contributed by atoms with Crippen molar-refractivity contribution in [3.8, 4) is 0 Å². The molecular formula is C15H10N4OS. The highest BCUT2D eigenvalue weighted by atomic mass is 32.1. The van der Waals surface area contributed by atoms with Crippen molar-refractivity contribution in [2.45, 2.75) is 0 Å². The number of aromatic nitrogens is 1. The fraction of sp³-hybridized carbons (Fsp3) is 0. The molecule has 0 aliphatic heterocycles. The summed E-state index contributed by atoms with van der Waals surface area (Å²) in [5, 5.41) is 5.92. The predicted octanol–water partition coefficient (Wildman–Crippen LogP) is 4.49. The molecule has 0 radical (unpaired) electrons. The van der Waals surface area contributed by atoms with Crippen molar-refractivity contribution in [2.24, 2.45) is 0 Å². The summed E-state index contributed by atoms with van der Waals surface area (Å²) in [6.07, 6.45) is 0. The number of nitrogens with one attached hydrogen (secondary N) is 2. The van der Waals surface area contributed by atoms with Gasteiger partial charge in [0.1, 0.15) is 0 Å². The zero-order valence-electron chi connectivity index (χ0n) is 10.8. The van der Waals surface area contributed by atoms with Gasteiger partial charge in [-0.2, -0.15) is 0 Å². The maximum atomic E-state index is 11.9. The van der Waals surface area contributed by atoms with Gasteiger partial charge in [0, 0.05) is 10.4 Å². The van der Waals surface area contributed by atoms with Crippen LogP contribution in [0, 0.1) is 6.57 Å². The smallest absolute Gasteiger partial charge is 0.308 e. The van der Waals surface area contributed by atoms with E-state index in [0.717, 1.165) is 10.2 Å². The van der Waals surface area contributed by atoms with E-state index in [4.69, 9.17) is 6.57 Å². The molecule has 1 aromatic heterocycles. The molecule has 3 rings (SSSR count). The molecular weight excluding hydrogens is 284 g/mol. The molecule has 6 heteroatoms. The largest absolute Gasteiger partial charge is 0.325 e. The van der Waals surface area contributed by atoms with Gasteiger partial charge in [-0.05, 0) is 24.3 Å². The van der Waals surface area contributed by atoms with Gasteiger partial charge in [-0.15, -0.1) is 0 Å². The van der Waals surface area contributed by atoms with Gasteiger partial charge in [0.25, 0.3) is 0 Å². The molecule has 2 N–H and O–H groups in total. The van der Waals surface area contributed by atoms with Crippen LogP contribution in [0.4, 0.5) is 21.3 Å². The quantitative estimate of drug-likeness (QED) is 0.684. The molecule has 0 aliphatic carbocycles. The van der Waals surface area contributed by atoms with E-state index in [0.29, 0.717) is 16.5 Å². The van der Waals surface area contributed by atoms with Crippen LogP contribution in [0.5, 0.6) is 0 Å². The van der Waals surface area contributed by atoms with Gasteiger partial charge in [-0.1, -0.05) is 35.6 Å². The van der Waals surface area contributed by atoms with Crippen molar-refractivity contribution >= 4 is 44.1 Å². The van der Waals surface area contributed by atoms with Crippen molar-refractivity contribution in [1.82, 2.24) is 4.98 Å². The van der Waals surface area contributed by atoms with E-state index in [1.165, 1.54) is 11.3 Å². The van der Waals surface area contributed by atoms with Crippen LogP contribution >= 0.6 is 11.3 Å². The minimum atomic E-state index is -0.342. The molecule has 0 spiro atoms. The number of hydrogen-bond acceptors (Lipinski definition) is 3. The molecule has 3 aromatic rings. The molecule has 0 atom stereocenters. The van der Waals surface area contributed by atoms with Crippen LogP contribution in [0.1, 0.15) is 0 Å². The molecule has 5 nitrogen and oxygen atoms in total. The summed E-state index contributed by atoms with van der Waals surface area (Å²) in [5.74, 6) is 0. The SMILES string of the molecule is [C-]#[N+]c1ccc2nc(NC(=O)Nc3ccccc3)sc2c1. The van der Waals surface area contributed by atoms with Crippen LogP contribution < -0.4 is 10.6 Å². The van der Waals surface area contributed by atoms with E-state index in [1.807, 2.05) is 18.2 Å². The number of rotatable bonds is 2. The predicted molar refractivity (Wildman–Crippen MR) is 85.0 cm³/mol. The highest BCUT2D eigenvalue weighted by Crippen LogP contribution is 2.29. The zero-order chi connectivity index (χ0) is 14.7. The normalized spacial score (nSPS) is 10.0. The van der Waals surface area contributed by atoms with Crippen LogP contribution in [-0.2, 0) is 0 Å². The first-order valence-corrected chi connectivity index (χ1v) is 6.97. The number of carbonyl (C=O) groups excluding carboxylic acids is 1. The number of fused-ring (bicyclic) bond motifs is 1. The fourth-order valence-corrected chi connectivity index (χ4v) is 2.71. The first kappa shape index (κ1) is 13.1. The van der Waals surface area contributed by atoms with E-state index < -0.39 is 0 Å². The van der Waals surface area contributed by atoms with Crippen LogP contribution in [-0.4, -0.2) is 11.0 Å². The number of nitrogens with zero attached hydrogens (tertiary/aromatic N) is 2. The molecule has 21 heavy (non-hydrogen) atoms. The van der Waals surface area contributed by atoms with Gasteiger partial charge in [-0.25, -0.2) is 14.6 Å². The third-order valence-corrected chi connectivity index (χ3v) is 3.69. The van der Waals surface area contributed by atoms with E-state index >= 15 is 0 Å². The van der Waals surface area contributed by atoms with Gasteiger partial charge >= 0.3 is 6.03 Å². The average Bonchev–Trinajstić information content (AvgIpc) is 2.89. The van der Waals surface area contributed by atoms with Crippen LogP contribution in [0.15, 0.2) is 48.5 Å². The molecule has 0 saturated carbocycles. The Hall–Kier alpha value is -2.91. The van der Waals surface area contributed by atoms with Crippen molar-refractivity contribution in [3.05, 3.63) is 59.9 Å². The van der Waals surface area contributed by atoms with Gasteiger partial charge in [0.2, 0.25) is 0 Å². The molecule has 0 aliphatic rings. The van der Waals surface area contributed by atoms with Crippen molar-refractivity contribution in [3.63, 3.8) is 0 Å². The third kappa shape index (κ3) is 2.99. The highest BCUT2D eigenvalue weighted by molar-refractivity contribution is 7.22. The number of carbonyl (C=O) groups is 1. The highest BCUT2D eigenvalue weighted by Gasteiger charge is 2.08. The maximum Gasteiger partial charge on any atom is 0.325 e. The Balaban J connectivity index is 1.76. The lowest BCUT2D eigenvalue weighted by atomic mass is 10.3. The zero-order valence-corrected chi connectivity index (χ0v) is 11.6. The molecule has 0 bridgehead atoms. The van der Waals surface area contributed by atoms with E-state index in [2.05, 4.69) is 20.5 Å². The average molecular weight is 294 g/mol. The minimum absolute atomic E-state index is 0.342. The molecule has 0 unspecified atom stereocenters. The molecule has 0 fully saturated rings. The first-order chi connectivity index (χ1) is 10.2. The second-order valence-corrected chi connectivity index (χ2v) is 5.26. The number of para-hydroxylation sites is 1. The Morgan fingerprint density at radius 2 is 1.95 bits per heavy atom. The molecule has 102 valence electrons. The van der Waals surface area contributed by atoms with E-state index in [1.54, 1.807) is 30.3 Å². The number of urea groups is 1. The lowest BCUT2D eigenvalue weighted by Crippen LogP contribution is -2.19. The Morgan fingerprint density at radius 1 is 1.14 bits per heavy atom. The summed E-state index contributed by atoms with van der Waals surface area (Å²) in [4.78, 5) is 19.6. The second kappa shape index (κ2) is 5.61. The van der Waals surface area contributed by atoms with Gasteiger partial charge in [0.05, 0.1) is 12.1 Å². The summed E-state index contributed by atoms with van der Waals surface area (Å²) in [7, 11) is 0. The summed E-state index contributed by atoms with van der Waals surface area (Å²) < 4.78 is 0.874. The van der Waals surface area contributed by atoms with Gasteiger partial charge < -0.3 is 5.32 Å². The fourth-order valence-electron chi connectivity index (χ4n) is 1.82. The Kier molecular flexibility index (Phi) is 3.50. The van der Waals surface area contributed by atoms with Gasteiger partial charge in [-0.3, -0.25) is 5.32 Å². The maximum absolute atomic E-state index is 11.9. The first-order valence-electron chi connectivity index (χ1n) is 6.16. The molecule has 1 heterocycles. The van der Waals surface area contributed by atoms with E-state index in [9.17, 15) is 4.79 Å². The summed E-state index contributed by atoms with van der Waals surface area (Å²) >= 11 is 1.34. The second-order valence-electron chi connectivity index (χ2n) is 4.23. The Bertz CT molecular complexity index is 836. The van der Waals surface area contributed by atoms with Crippen LogP contribution in [0.3, 0.4) is 0 Å². The number of thiazole rings is 1. The van der Waals surface area contributed by atoms with E-state index in [-0.39, 0.29) is 6.03 Å². The van der Waals surface area contributed by atoms with Crippen LogP contribution in [0.25, 0.3) is 15.1 Å². The lowest BCUT2D eigenvalue weighted by Gasteiger charge is -2.04. The van der Waals surface area contributed by atoms with Crippen molar-refractivity contribution in [1.29, 1.82) is 0 Å².